The van der Waals surface area contributed by atoms with Gasteiger partial charge in [-0.05, 0) is 19.8 Å². The van der Waals surface area contributed by atoms with Gasteiger partial charge >= 0.3 is 0 Å². The first-order valence-electron chi connectivity index (χ1n) is 9.45. The quantitative estimate of drug-likeness (QED) is 0.854. The summed E-state index contributed by atoms with van der Waals surface area (Å²) >= 11 is 0. The Kier molecular flexibility index (Phi) is 4.80. The van der Waals surface area contributed by atoms with Gasteiger partial charge in [-0.2, -0.15) is 0 Å². The van der Waals surface area contributed by atoms with E-state index in [-0.39, 0.29) is 11.9 Å². The van der Waals surface area contributed by atoms with Gasteiger partial charge in [0.05, 0.1) is 12.2 Å². The predicted molar refractivity (Wildman–Crippen MR) is 105 cm³/mol. The van der Waals surface area contributed by atoms with Gasteiger partial charge in [0, 0.05) is 37.8 Å². The number of carbonyl (C=O) groups excluding carboxylic acids is 1. The van der Waals surface area contributed by atoms with Crippen molar-refractivity contribution >= 4 is 11.7 Å². The monoisotopic (exact) mass is 366 g/mol. The van der Waals surface area contributed by atoms with E-state index in [2.05, 4.69) is 17.8 Å². The second-order valence-corrected chi connectivity index (χ2v) is 7.54. The van der Waals surface area contributed by atoms with Gasteiger partial charge in [0.25, 0.3) is 0 Å². The molecule has 2 unspecified atom stereocenters. The molecule has 7 nitrogen and oxygen atoms in total. The van der Waals surface area contributed by atoms with Crippen LogP contribution in [0.25, 0.3) is 11.4 Å². The van der Waals surface area contributed by atoms with Crippen molar-refractivity contribution < 1.29 is 4.79 Å². The third-order valence-corrected chi connectivity index (χ3v) is 5.20. The van der Waals surface area contributed by atoms with Crippen LogP contribution in [0.5, 0.6) is 0 Å². The van der Waals surface area contributed by atoms with Gasteiger partial charge in [0.1, 0.15) is 11.9 Å². The molecule has 2 N–H and O–H groups in total. The number of aromatic nitrogens is 2. The number of carbonyl (C=O) groups is 1. The largest absolute Gasteiger partial charge is 0.362 e. The number of hydrogen-bond acceptors (Lipinski definition) is 6. The van der Waals surface area contributed by atoms with Crippen LogP contribution in [0.15, 0.2) is 30.3 Å². The summed E-state index contributed by atoms with van der Waals surface area (Å²) in [6.07, 6.45) is 1.59. The van der Waals surface area contributed by atoms with Crippen molar-refractivity contribution in [1.29, 1.82) is 0 Å². The Morgan fingerprint density at radius 1 is 1.19 bits per heavy atom. The summed E-state index contributed by atoms with van der Waals surface area (Å²) < 4.78 is 0. The molecule has 1 aromatic carbocycles. The molecule has 0 radical (unpaired) electrons. The lowest BCUT2D eigenvalue weighted by Crippen LogP contribution is -2.47. The number of nitrogens with zero attached hydrogens (tertiary/aromatic N) is 4. The molecule has 0 spiro atoms. The topological polar surface area (TPSA) is 73.4 Å². The number of hydrogen-bond donors (Lipinski definition) is 2. The number of hydrazine groups is 1. The van der Waals surface area contributed by atoms with Crippen molar-refractivity contribution in [3.8, 4) is 11.4 Å². The van der Waals surface area contributed by atoms with Gasteiger partial charge in [-0.1, -0.05) is 30.3 Å². The minimum absolute atomic E-state index is 0.142. The van der Waals surface area contributed by atoms with Gasteiger partial charge < -0.3 is 9.80 Å². The van der Waals surface area contributed by atoms with E-state index in [1.807, 2.05) is 54.2 Å². The van der Waals surface area contributed by atoms with Crippen LogP contribution in [0.1, 0.15) is 24.6 Å². The maximum Gasteiger partial charge on any atom is 0.241 e. The third kappa shape index (κ3) is 3.52. The van der Waals surface area contributed by atoms with E-state index in [1.54, 1.807) is 0 Å². The molecule has 1 saturated heterocycles. The number of benzene rings is 1. The number of fused-ring (bicyclic) bond motifs is 1. The Bertz CT molecular complexity index is 838. The molecular weight excluding hydrogens is 340 g/mol. The van der Waals surface area contributed by atoms with Crippen molar-refractivity contribution in [3.05, 3.63) is 41.6 Å². The molecule has 7 heteroatoms. The Labute approximate surface area is 159 Å². The second-order valence-electron chi connectivity index (χ2n) is 7.54. The molecule has 2 aromatic rings. The number of rotatable bonds is 3. The van der Waals surface area contributed by atoms with Crippen LogP contribution < -0.4 is 15.8 Å². The summed E-state index contributed by atoms with van der Waals surface area (Å²) in [5.74, 6) is 1.80. The highest BCUT2D eigenvalue weighted by Gasteiger charge is 2.33. The summed E-state index contributed by atoms with van der Waals surface area (Å²) in [5, 5.41) is 0. The molecular formula is C20H26N6O. The van der Waals surface area contributed by atoms with Crippen molar-refractivity contribution in [1.82, 2.24) is 25.7 Å². The lowest BCUT2D eigenvalue weighted by atomic mass is 10.0. The summed E-state index contributed by atoms with van der Waals surface area (Å²) in [6.45, 7) is 3.31. The summed E-state index contributed by atoms with van der Waals surface area (Å²) in [4.78, 5) is 26.5. The van der Waals surface area contributed by atoms with Crippen LogP contribution >= 0.6 is 0 Å². The van der Waals surface area contributed by atoms with E-state index in [1.165, 1.54) is 0 Å². The molecule has 27 heavy (non-hydrogen) atoms. The SMILES string of the molecule is CC1CC(C(=O)N2CCc3c(nc(-c4ccccc4)nc3N(C)C)C2)NN1. The summed E-state index contributed by atoms with van der Waals surface area (Å²) in [7, 11) is 4.01. The van der Waals surface area contributed by atoms with Gasteiger partial charge in [-0.3, -0.25) is 10.2 Å². The summed E-state index contributed by atoms with van der Waals surface area (Å²) in [6, 6.07) is 10.1. The zero-order chi connectivity index (χ0) is 19.0. The number of nitrogens with one attached hydrogen (secondary N) is 2. The zero-order valence-corrected chi connectivity index (χ0v) is 16.1. The Balaban J connectivity index is 1.65. The normalized spacial score (nSPS) is 21.8. The number of anilines is 1. The van der Waals surface area contributed by atoms with Crippen LogP contribution in [-0.2, 0) is 17.8 Å². The molecule has 0 bridgehead atoms. The predicted octanol–water partition coefficient (Wildman–Crippen LogP) is 1.35. The summed E-state index contributed by atoms with van der Waals surface area (Å²) in [5.41, 5.74) is 9.33. The van der Waals surface area contributed by atoms with Crippen LogP contribution in [-0.4, -0.2) is 53.5 Å². The number of amides is 1. The molecule has 142 valence electrons. The van der Waals surface area contributed by atoms with Crippen LogP contribution in [0.4, 0.5) is 5.82 Å². The molecule has 3 heterocycles. The Morgan fingerprint density at radius 3 is 2.63 bits per heavy atom. The highest BCUT2D eigenvalue weighted by atomic mass is 16.2. The van der Waals surface area contributed by atoms with E-state index in [9.17, 15) is 4.79 Å². The first-order valence-corrected chi connectivity index (χ1v) is 9.45. The van der Waals surface area contributed by atoms with E-state index >= 15 is 0 Å². The Hall–Kier alpha value is -2.51. The van der Waals surface area contributed by atoms with Gasteiger partial charge in [0.2, 0.25) is 5.91 Å². The lowest BCUT2D eigenvalue weighted by Gasteiger charge is -2.32. The van der Waals surface area contributed by atoms with Crippen molar-refractivity contribution in [2.75, 3.05) is 25.5 Å². The third-order valence-electron chi connectivity index (χ3n) is 5.20. The molecule has 0 aliphatic carbocycles. The van der Waals surface area contributed by atoms with E-state index < -0.39 is 0 Å². The highest BCUT2D eigenvalue weighted by molar-refractivity contribution is 5.82. The van der Waals surface area contributed by atoms with Crippen LogP contribution in [0.3, 0.4) is 0 Å². The molecule has 2 aliphatic heterocycles. The van der Waals surface area contributed by atoms with Crippen molar-refractivity contribution in [2.45, 2.75) is 38.4 Å². The average molecular weight is 366 g/mol. The molecule has 1 aromatic heterocycles. The lowest BCUT2D eigenvalue weighted by molar-refractivity contribution is -0.134. The molecule has 2 atom stereocenters. The van der Waals surface area contributed by atoms with Gasteiger partial charge in [-0.25, -0.2) is 15.4 Å². The fraction of sp³-hybridized carbons (Fsp3) is 0.450. The standard InChI is InChI=1S/C20H26N6O/c1-13-11-16(24-23-13)20(27)26-10-9-15-17(12-26)21-18(22-19(15)25(2)3)14-7-5-4-6-8-14/h4-8,13,16,23-24H,9-12H2,1-3H3. The maximum atomic E-state index is 12.9. The van der Waals surface area contributed by atoms with E-state index in [0.717, 1.165) is 35.5 Å². The fourth-order valence-electron chi connectivity index (χ4n) is 3.78. The average Bonchev–Trinajstić information content (AvgIpc) is 3.13. The van der Waals surface area contributed by atoms with Gasteiger partial charge in [-0.15, -0.1) is 0 Å². The molecule has 1 fully saturated rings. The first-order chi connectivity index (χ1) is 13.0. The Morgan fingerprint density at radius 2 is 1.96 bits per heavy atom. The van der Waals surface area contributed by atoms with Crippen molar-refractivity contribution in [3.63, 3.8) is 0 Å². The maximum absolute atomic E-state index is 12.9. The van der Waals surface area contributed by atoms with Gasteiger partial charge in [0.15, 0.2) is 5.82 Å². The molecule has 0 saturated carbocycles. The molecule has 4 rings (SSSR count). The molecule has 1 amide bonds. The first kappa shape index (κ1) is 17.9. The second kappa shape index (κ2) is 7.25. The van der Waals surface area contributed by atoms with Crippen LogP contribution in [0.2, 0.25) is 0 Å². The minimum atomic E-state index is -0.162. The minimum Gasteiger partial charge on any atom is -0.362 e. The van der Waals surface area contributed by atoms with E-state index in [0.29, 0.717) is 25.0 Å². The zero-order valence-electron chi connectivity index (χ0n) is 16.1. The van der Waals surface area contributed by atoms with Crippen molar-refractivity contribution in [2.24, 2.45) is 0 Å². The van der Waals surface area contributed by atoms with E-state index in [4.69, 9.17) is 9.97 Å². The smallest absolute Gasteiger partial charge is 0.241 e. The van der Waals surface area contributed by atoms with Crippen LogP contribution in [0, 0.1) is 0 Å². The fourth-order valence-corrected chi connectivity index (χ4v) is 3.78. The highest BCUT2D eigenvalue weighted by Crippen LogP contribution is 2.29. The molecule has 2 aliphatic rings.